The van der Waals surface area contributed by atoms with E-state index in [9.17, 15) is 0 Å². The molecule has 4 rings (SSSR count). The van der Waals surface area contributed by atoms with Crippen LogP contribution in [0.3, 0.4) is 0 Å². The molecule has 0 amide bonds. The fourth-order valence-electron chi connectivity index (χ4n) is 2.15. The molecule has 4 aliphatic rings. The van der Waals surface area contributed by atoms with Gasteiger partial charge in [-0.1, -0.05) is 6.92 Å². The highest BCUT2D eigenvalue weighted by molar-refractivity contribution is 4.90. The Bertz CT molecular complexity index is 227. The van der Waals surface area contributed by atoms with Gasteiger partial charge in [0.15, 0.2) is 6.10 Å². The molecule has 5 heteroatoms. The summed E-state index contributed by atoms with van der Waals surface area (Å²) in [7, 11) is 0. The first-order valence-electron chi connectivity index (χ1n) is 5.47. The van der Waals surface area contributed by atoms with Gasteiger partial charge in [-0.2, -0.15) is 0 Å². The molecule has 0 aromatic heterocycles. The van der Waals surface area contributed by atoms with Gasteiger partial charge in [0.2, 0.25) is 0 Å². The van der Waals surface area contributed by atoms with Crippen molar-refractivity contribution < 1.29 is 18.9 Å². The van der Waals surface area contributed by atoms with Gasteiger partial charge in [0, 0.05) is 18.5 Å². The van der Waals surface area contributed by atoms with Crippen molar-refractivity contribution in [1.82, 2.24) is 5.32 Å². The number of hydrogen-bond donors (Lipinski definition) is 1. The average Bonchev–Trinajstić information content (AvgIpc) is 2.32. The highest BCUT2D eigenvalue weighted by atomic mass is 16.9. The molecule has 0 radical (unpaired) electrons. The smallest absolute Gasteiger partial charge is 0.312 e. The fourth-order valence-corrected chi connectivity index (χ4v) is 2.15. The highest BCUT2D eigenvalue weighted by Gasteiger charge is 2.55. The summed E-state index contributed by atoms with van der Waals surface area (Å²) in [6, 6.07) is 0. The maximum Gasteiger partial charge on any atom is 0.312 e. The molecule has 1 atom stereocenters. The van der Waals surface area contributed by atoms with Crippen molar-refractivity contribution in [3.8, 4) is 0 Å². The maximum absolute atomic E-state index is 5.70. The molecule has 0 aromatic carbocycles. The van der Waals surface area contributed by atoms with Gasteiger partial charge in [-0.25, -0.2) is 0 Å². The van der Waals surface area contributed by atoms with E-state index >= 15 is 0 Å². The van der Waals surface area contributed by atoms with Gasteiger partial charge < -0.3 is 24.3 Å². The van der Waals surface area contributed by atoms with Gasteiger partial charge in [0.05, 0.1) is 26.4 Å². The number of rotatable bonds is 1. The standard InChI is InChI=1S/C10H17NO4/c1-9-5-13-10(14-6-9,15-7-9)8-4-11-2-3-12-8/h8,11H,2-7H2,1H3. The minimum Gasteiger partial charge on any atom is -0.367 e. The fraction of sp³-hybridized carbons (Fsp3) is 1.00. The molecule has 1 N–H and O–H groups in total. The molecule has 4 heterocycles. The van der Waals surface area contributed by atoms with E-state index < -0.39 is 5.97 Å². The molecule has 86 valence electrons. The van der Waals surface area contributed by atoms with Gasteiger partial charge in [0.25, 0.3) is 0 Å². The lowest BCUT2D eigenvalue weighted by Gasteiger charge is -2.53. The zero-order chi connectivity index (χ0) is 10.4. The van der Waals surface area contributed by atoms with Gasteiger partial charge >= 0.3 is 5.97 Å². The molecule has 0 aromatic rings. The molecule has 4 saturated heterocycles. The van der Waals surface area contributed by atoms with Crippen LogP contribution >= 0.6 is 0 Å². The normalized spacial score (nSPS) is 50.6. The number of morpholine rings is 1. The van der Waals surface area contributed by atoms with E-state index in [0.717, 1.165) is 13.1 Å². The van der Waals surface area contributed by atoms with E-state index in [0.29, 0.717) is 26.4 Å². The molecule has 2 bridgehead atoms. The minimum absolute atomic E-state index is 0.0177. The zero-order valence-corrected chi connectivity index (χ0v) is 8.95. The van der Waals surface area contributed by atoms with E-state index in [4.69, 9.17) is 18.9 Å². The molecule has 0 aliphatic carbocycles. The Morgan fingerprint density at radius 3 is 2.33 bits per heavy atom. The molecule has 0 spiro atoms. The van der Waals surface area contributed by atoms with Crippen LogP contribution in [0.2, 0.25) is 0 Å². The van der Waals surface area contributed by atoms with Crippen LogP contribution in [-0.2, 0) is 18.9 Å². The number of hydrogen-bond acceptors (Lipinski definition) is 5. The predicted octanol–water partition coefficient (Wildman–Crippen LogP) is -0.288. The zero-order valence-electron chi connectivity index (χ0n) is 8.95. The van der Waals surface area contributed by atoms with Crippen LogP contribution in [0.4, 0.5) is 0 Å². The van der Waals surface area contributed by atoms with Crippen LogP contribution in [0.5, 0.6) is 0 Å². The molecule has 5 nitrogen and oxygen atoms in total. The summed E-state index contributed by atoms with van der Waals surface area (Å²) >= 11 is 0. The van der Waals surface area contributed by atoms with Crippen molar-refractivity contribution >= 4 is 0 Å². The summed E-state index contributed by atoms with van der Waals surface area (Å²) in [6.45, 7) is 6.45. The Morgan fingerprint density at radius 2 is 1.80 bits per heavy atom. The van der Waals surface area contributed by atoms with Gasteiger partial charge in [-0.3, -0.25) is 0 Å². The second kappa shape index (κ2) is 3.40. The van der Waals surface area contributed by atoms with Gasteiger partial charge in [-0.05, 0) is 0 Å². The molecule has 15 heavy (non-hydrogen) atoms. The van der Waals surface area contributed by atoms with Gasteiger partial charge in [-0.15, -0.1) is 0 Å². The number of fused-ring (bicyclic) bond motifs is 3. The Kier molecular flexibility index (Phi) is 2.26. The van der Waals surface area contributed by atoms with Crippen LogP contribution in [0, 0.1) is 5.41 Å². The Morgan fingerprint density at radius 1 is 1.13 bits per heavy atom. The second-order valence-corrected chi connectivity index (χ2v) is 4.84. The topological polar surface area (TPSA) is 49.0 Å². The molecular weight excluding hydrogens is 198 g/mol. The second-order valence-electron chi connectivity index (χ2n) is 4.84. The van der Waals surface area contributed by atoms with E-state index in [-0.39, 0.29) is 11.5 Å². The van der Waals surface area contributed by atoms with Gasteiger partial charge in [0.1, 0.15) is 0 Å². The van der Waals surface area contributed by atoms with Crippen molar-refractivity contribution in [2.75, 3.05) is 39.5 Å². The van der Waals surface area contributed by atoms with Crippen molar-refractivity contribution in [1.29, 1.82) is 0 Å². The van der Waals surface area contributed by atoms with Crippen molar-refractivity contribution in [2.24, 2.45) is 5.41 Å². The quantitative estimate of drug-likeness (QED) is 0.651. The van der Waals surface area contributed by atoms with Crippen molar-refractivity contribution in [3.63, 3.8) is 0 Å². The Hall–Kier alpha value is -0.200. The van der Waals surface area contributed by atoms with Crippen LogP contribution < -0.4 is 5.32 Å². The van der Waals surface area contributed by atoms with E-state index in [1.54, 1.807) is 0 Å². The van der Waals surface area contributed by atoms with Crippen LogP contribution in [-0.4, -0.2) is 51.6 Å². The monoisotopic (exact) mass is 215 g/mol. The van der Waals surface area contributed by atoms with Crippen LogP contribution in [0.25, 0.3) is 0 Å². The predicted molar refractivity (Wildman–Crippen MR) is 51.3 cm³/mol. The Labute approximate surface area is 89.0 Å². The minimum atomic E-state index is -0.953. The average molecular weight is 215 g/mol. The summed E-state index contributed by atoms with van der Waals surface area (Å²) in [4.78, 5) is 0. The Balaban J connectivity index is 1.74. The third-order valence-corrected chi connectivity index (χ3v) is 3.19. The van der Waals surface area contributed by atoms with E-state index in [1.807, 2.05) is 0 Å². The summed E-state index contributed by atoms with van der Waals surface area (Å²) in [5, 5.41) is 3.25. The summed E-state index contributed by atoms with van der Waals surface area (Å²) in [6.07, 6.45) is -0.156. The third-order valence-electron chi connectivity index (χ3n) is 3.19. The number of ether oxygens (including phenoxy) is 4. The largest absolute Gasteiger partial charge is 0.367 e. The first-order valence-corrected chi connectivity index (χ1v) is 5.47. The highest BCUT2D eigenvalue weighted by Crippen LogP contribution is 2.40. The van der Waals surface area contributed by atoms with E-state index in [2.05, 4.69) is 12.2 Å². The number of nitrogens with one attached hydrogen (secondary N) is 1. The molecular formula is C10H17NO4. The van der Waals surface area contributed by atoms with Crippen molar-refractivity contribution in [3.05, 3.63) is 0 Å². The van der Waals surface area contributed by atoms with Crippen LogP contribution in [0.15, 0.2) is 0 Å². The third kappa shape index (κ3) is 1.59. The first kappa shape index (κ1) is 9.99. The maximum atomic E-state index is 5.70. The molecule has 4 fully saturated rings. The molecule has 0 saturated carbocycles. The summed E-state index contributed by atoms with van der Waals surface area (Å²) < 4.78 is 22.7. The summed E-state index contributed by atoms with van der Waals surface area (Å²) in [5.74, 6) is -0.953. The van der Waals surface area contributed by atoms with E-state index in [1.165, 1.54) is 0 Å². The first-order chi connectivity index (χ1) is 7.23. The van der Waals surface area contributed by atoms with Crippen LogP contribution in [0.1, 0.15) is 6.92 Å². The lowest BCUT2D eigenvalue weighted by atomic mass is 9.91. The SMILES string of the molecule is CC12COC(C3CNCCO3)(OC1)OC2. The lowest BCUT2D eigenvalue weighted by molar-refractivity contribution is -0.491. The molecule has 4 aliphatic heterocycles. The summed E-state index contributed by atoms with van der Waals surface area (Å²) in [5.41, 5.74) is 0.0177. The molecule has 1 unspecified atom stereocenters. The van der Waals surface area contributed by atoms with Crippen molar-refractivity contribution in [2.45, 2.75) is 19.0 Å². The lowest BCUT2D eigenvalue weighted by Crippen LogP contribution is -2.67.